The highest BCUT2D eigenvalue weighted by Gasteiger charge is 2.24. The van der Waals surface area contributed by atoms with Crippen molar-refractivity contribution in [2.45, 2.75) is 32.7 Å². The number of rotatable bonds is 5. The van der Waals surface area contributed by atoms with Crippen molar-refractivity contribution in [3.63, 3.8) is 0 Å². The Balaban J connectivity index is 2.19. The molecule has 20 heavy (non-hydrogen) atoms. The summed E-state index contributed by atoms with van der Waals surface area (Å²) >= 11 is 1.42. The normalized spacial score (nSPS) is 11.6. The molecule has 1 amide bonds. The Morgan fingerprint density at radius 1 is 1.55 bits per heavy atom. The molecular formula is C14H18N2O3S. The SMILES string of the molecule is Cc1sc(-c2ccco2)nc1C(=O)NC(C)(C)CCO. The number of aliphatic hydroxyl groups is 1. The van der Waals surface area contributed by atoms with Crippen LogP contribution in [-0.2, 0) is 0 Å². The van der Waals surface area contributed by atoms with Gasteiger partial charge in [-0.25, -0.2) is 4.98 Å². The van der Waals surface area contributed by atoms with E-state index in [0.29, 0.717) is 22.9 Å². The molecule has 108 valence electrons. The van der Waals surface area contributed by atoms with Gasteiger partial charge in [-0.05, 0) is 39.3 Å². The molecule has 0 saturated carbocycles. The van der Waals surface area contributed by atoms with E-state index in [1.165, 1.54) is 11.3 Å². The number of aliphatic hydroxyl groups excluding tert-OH is 1. The number of amides is 1. The van der Waals surface area contributed by atoms with Crippen molar-refractivity contribution in [3.05, 3.63) is 29.0 Å². The summed E-state index contributed by atoms with van der Waals surface area (Å²) in [7, 11) is 0. The largest absolute Gasteiger partial charge is 0.462 e. The summed E-state index contributed by atoms with van der Waals surface area (Å²) in [5.74, 6) is 0.432. The van der Waals surface area contributed by atoms with Gasteiger partial charge in [0.15, 0.2) is 10.8 Å². The predicted octanol–water partition coefficient (Wildman–Crippen LogP) is 2.60. The lowest BCUT2D eigenvalue weighted by Gasteiger charge is -2.24. The molecule has 0 aliphatic heterocycles. The fourth-order valence-electron chi connectivity index (χ4n) is 1.82. The monoisotopic (exact) mass is 294 g/mol. The van der Waals surface area contributed by atoms with E-state index in [4.69, 9.17) is 9.52 Å². The second-order valence-corrected chi connectivity index (χ2v) is 6.42. The van der Waals surface area contributed by atoms with Crippen LogP contribution in [0.1, 0.15) is 35.6 Å². The van der Waals surface area contributed by atoms with Crippen LogP contribution in [0.25, 0.3) is 10.8 Å². The Morgan fingerprint density at radius 2 is 2.30 bits per heavy atom. The zero-order chi connectivity index (χ0) is 14.8. The van der Waals surface area contributed by atoms with E-state index < -0.39 is 5.54 Å². The summed E-state index contributed by atoms with van der Waals surface area (Å²) < 4.78 is 5.29. The van der Waals surface area contributed by atoms with Crippen LogP contribution in [0.2, 0.25) is 0 Å². The molecule has 2 rings (SSSR count). The average molecular weight is 294 g/mol. The van der Waals surface area contributed by atoms with E-state index in [0.717, 1.165) is 4.88 Å². The fourth-order valence-corrected chi connectivity index (χ4v) is 2.70. The zero-order valence-electron chi connectivity index (χ0n) is 11.8. The lowest BCUT2D eigenvalue weighted by molar-refractivity contribution is 0.0894. The second-order valence-electron chi connectivity index (χ2n) is 5.21. The summed E-state index contributed by atoms with van der Waals surface area (Å²) in [6, 6.07) is 3.60. The molecule has 0 aliphatic carbocycles. The summed E-state index contributed by atoms with van der Waals surface area (Å²) in [6.07, 6.45) is 2.07. The smallest absolute Gasteiger partial charge is 0.271 e. The van der Waals surface area contributed by atoms with Crippen molar-refractivity contribution >= 4 is 17.2 Å². The van der Waals surface area contributed by atoms with Gasteiger partial charge >= 0.3 is 0 Å². The van der Waals surface area contributed by atoms with Gasteiger partial charge in [-0.15, -0.1) is 11.3 Å². The second kappa shape index (κ2) is 5.76. The van der Waals surface area contributed by atoms with Crippen LogP contribution < -0.4 is 5.32 Å². The van der Waals surface area contributed by atoms with Crippen LogP contribution >= 0.6 is 11.3 Å². The van der Waals surface area contributed by atoms with E-state index in [-0.39, 0.29) is 12.5 Å². The van der Waals surface area contributed by atoms with Crippen molar-refractivity contribution in [2.75, 3.05) is 6.61 Å². The van der Waals surface area contributed by atoms with Crippen LogP contribution in [0.15, 0.2) is 22.8 Å². The minimum atomic E-state index is -0.466. The molecule has 0 aliphatic rings. The third kappa shape index (κ3) is 3.26. The first-order chi connectivity index (χ1) is 9.43. The van der Waals surface area contributed by atoms with Gasteiger partial charge < -0.3 is 14.8 Å². The van der Waals surface area contributed by atoms with Crippen molar-refractivity contribution in [3.8, 4) is 10.8 Å². The van der Waals surface area contributed by atoms with Gasteiger partial charge in [0, 0.05) is 17.0 Å². The Morgan fingerprint density at radius 3 is 2.90 bits per heavy atom. The summed E-state index contributed by atoms with van der Waals surface area (Å²) in [5.41, 5.74) is -0.0559. The van der Waals surface area contributed by atoms with Crippen molar-refractivity contribution in [1.82, 2.24) is 10.3 Å². The Kier molecular flexibility index (Phi) is 4.25. The Hall–Kier alpha value is -1.66. The van der Waals surface area contributed by atoms with Crippen molar-refractivity contribution in [2.24, 2.45) is 0 Å². The number of nitrogens with one attached hydrogen (secondary N) is 1. The molecule has 2 heterocycles. The van der Waals surface area contributed by atoms with Gasteiger partial charge in [0.1, 0.15) is 5.69 Å². The first kappa shape index (κ1) is 14.7. The van der Waals surface area contributed by atoms with Crippen molar-refractivity contribution < 1.29 is 14.3 Å². The van der Waals surface area contributed by atoms with Gasteiger partial charge in [-0.1, -0.05) is 0 Å². The van der Waals surface area contributed by atoms with E-state index in [9.17, 15) is 4.79 Å². The molecule has 2 aromatic heterocycles. The quantitative estimate of drug-likeness (QED) is 0.888. The van der Waals surface area contributed by atoms with Gasteiger partial charge in [0.2, 0.25) is 0 Å². The number of carbonyl (C=O) groups excluding carboxylic acids is 1. The minimum Gasteiger partial charge on any atom is -0.462 e. The standard InChI is InChI=1S/C14H18N2O3S/c1-9-11(12(18)16-14(2,3)6-7-17)15-13(20-9)10-5-4-8-19-10/h4-5,8,17H,6-7H2,1-3H3,(H,16,18). The molecule has 2 N–H and O–H groups in total. The van der Waals surface area contributed by atoms with Gasteiger partial charge in [-0.2, -0.15) is 0 Å². The molecule has 0 saturated heterocycles. The molecule has 5 nitrogen and oxygen atoms in total. The van der Waals surface area contributed by atoms with E-state index >= 15 is 0 Å². The van der Waals surface area contributed by atoms with E-state index in [2.05, 4.69) is 10.3 Å². The maximum absolute atomic E-state index is 12.3. The third-order valence-corrected chi connectivity index (χ3v) is 3.92. The number of aryl methyl sites for hydroxylation is 1. The molecule has 0 aromatic carbocycles. The maximum atomic E-state index is 12.3. The Labute approximate surface area is 121 Å². The number of hydrogen-bond donors (Lipinski definition) is 2. The highest BCUT2D eigenvalue weighted by molar-refractivity contribution is 7.15. The van der Waals surface area contributed by atoms with Crippen LogP contribution in [0.3, 0.4) is 0 Å². The number of aromatic nitrogens is 1. The lowest BCUT2D eigenvalue weighted by atomic mass is 10.0. The molecule has 0 spiro atoms. The highest BCUT2D eigenvalue weighted by atomic mass is 32.1. The molecule has 0 radical (unpaired) electrons. The number of thiazole rings is 1. The Bertz CT molecular complexity index is 588. The van der Waals surface area contributed by atoms with E-state index in [1.54, 1.807) is 12.3 Å². The first-order valence-corrected chi connectivity index (χ1v) is 7.19. The van der Waals surface area contributed by atoms with Crippen LogP contribution in [-0.4, -0.2) is 28.1 Å². The topological polar surface area (TPSA) is 75.4 Å². The van der Waals surface area contributed by atoms with Gasteiger partial charge in [-0.3, -0.25) is 4.79 Å². The molecule has 2 aromatic rings. The summed E-state index contributed by atoms with van der Waals surface area (Å²) in [6.45, 7) is 5.63. The number of hydrogen-bond acceptors (Lipinski definition) is 5. The van der Waals surface area contributed by atoms with Gasteiger partial charge in [0.25, 0.3) is 5.91 Å². The molecule has 0 unspecified atom stereocenters. The number of nitrogens with zero attached hydrogens (tertiary/aromatic N) is 1. The molecule has 6 heteroatoms. The number of furan rings is 1. The highest BCUT2D eigenvalue weighted by Crippen LogP contribution is 2.28. The maximum Gasteiger partial charge on any atom is 0.271 e. The predicted molar refractivity (Wildman–Crippen MR) is 77.8 cm³/mol. The van der Waals surface area contributed by atoms with Gasteiger partial charge in [0.05, 0.1) is 6.26 Å². The van der Waals surface area contributed by atoms with Crippen molar-refractivity contribution in [1.29, 1.82) is 0 Å². The molecule has 0 bridgehead atoms. The van der Waals surface area contributed by atoms with Crippen LogP contribution in [0.5, 0.6) is 0 Å². The molecular weight excluding hydrogens is 276 g/mol. The van der Waals surface area contributed by atoms with E-state index in [1.807, 2.05) is 26.8 Å². The molecule has 0 atom stereocenters. The minimum absolute atomic E-state index is 0.0287. The summed E-state index contributed by atoms with van der Waals surface area (Å²) in [5, 5.41) is 12.6. The van der Waals surface area contributed by atoms with Crippen LogP contribution in [0, 0.1) is 6.92 Å². The first-order valence-electron chi connectivity index (χ1n) is 6.37. The lowest BCUT2D eigenvalue weighted by Crippen LogP contribution is -2.44. The zero-order valence-corrected chi connectivity index (χ0v) is 12.6. The van der Waals surface area contributed by atoms with Crippen LogP contribution in [0.4, 0.5) is 0 Å². The third-order valence-electron chi connectivity index (χ3n) is 2.93. The number of carbonyl (C=O) groups is 1. The fraction of sp³-hybridized carbons (Fsp3) is 0.429. The summed E-state index contributed by atoms with van der Waals surface area (Å²) in [4.78, 5) is 17.4. The average Bonchev–Trinajstić information content (AvgIpc) is 2.96. The molecule has 0 fully saturated rings.